The summed E-state index contributed by atoms with van der Waals surface area (Å²) < 4.78 is 32.1. The first kappa shape index (κ1) is 26.2. The van der Waals surface area contributed by atoms with Crippen LogP contribution in [-0.2, 0) is 33.9 Å². The Bertz CT molecular complexity index is 1040. The first-order valence-electron chi connectivity index (χ1n) is 14.2. The van der Waals surface area contributed by atoms with Crippen molar-refractivity contribution >= 4 is 11.8 Å². The standard InChI is InChI=1S/C29H40N2O7/c1-27(2,3)19-12-10-18(11-13-19)24(32)30-31-25(33)22-20-21(36-28(35-20)14-6-4-7-15-28)23-26(34-22)38-29(37-23)16-8-5-9-17-29/h10-13,20-23,26H,4-9,14-17H2,1-3H3,(H,30,32)(H,31,33)/t20-,21+,22+,23+,26+/m0/s1. The molecule has 3 heterocycles. The largest absolute Gasteiger partial charge is 0.341 e. The molecule has 3 saturated heterocycles. The van der Waals surface area contributed by atoms with Crippen molar-refractivity contribution in [2.24, 2.45) is 0 Å². The summed E-state index contributed by atoms with van der Waals surface area (Å²) in [5, 5.41) is 0. The van der Waals surface area contributed by atoms with E-state index in [0.717, 1.165) is 69.8 Å². The van der Waals surface area contributed by atoms with E-state index >= 15 is 0 Å². The molecule has 0 unspecified atom stereocenters. The maximum atomic E-state index is 13.4. The second-order valence-corrected chi connectivity index (χ2v) is 12.5. The van der Waals surface area contributed by atoms with Crippen LogP contribution in [0.1, 0.15) is 101 Å². The molecule has 2 saturated carbocycles. The van der Waals surface area contributed by atoms with Crippen molar-refractivity contribution in [3.63, 3.8) is 0 Å². The van der Waals surface area contributed by atoms with Crippen molar-refractivity contribution in [3.05, 3.63) is 35.4 Å². The van der Waals surface area contributed by atoms with Crippen LogP contribution >= 0.6 is 0 Å². The predicted octanol–water partition coefficient (Wildman–Crippen LogP) is 3.99. The first-order chi connectivity index (χ1) is 18.2. The molecule has 5 atom stereocenters. The Morgan fingerprint density at radius 2 is 1.29 bits per heavy atom. The number of hydrogen-bond donors (Lipinski definition) is 2. The average molecular weight is 529 g/mol. The summed E-state index contributed by atoms with van der Waals surface area (Å²) in [4.78, 5) is 26.2. The molecule has 5 fully saturated rings. The zero-order valence-corrected chi connectivity index (χ0v) is 22.6. The van der Waals surface area contributed by atoms with Crippen LogP contribution in [0.4, 0.5) is 0 Å². The Kier molecular flexibility index (Phi) is 6.79. The summed E-state index contributed by atoms with van der Waals surface area (Å²) in [7, 11) is 0. The molecule has 1 aromatic carbocycles. The maximum Gasteiger partial charge on any atom is 0.270 e. The van der Waals surface area contributed by atoms with Crippen LogP contribution < -0.4 is 10.9 Å². The van der Waals surface area contributed by atoms with Gasteiger partial charge in [-0.05, 0) is 48.8 Å². The highest BCUT2D eigenvalue weighted by Crippen LogP contribution is 2.50. The quantitative estimate of drug-likeness (QED) is 0.560. The van der Waals surface area contributed by atoms with Gasteiger partial charge in [-0.1, -0.05) is 45.7 Å². The fraction of sp³-hybridized carbons (Fsp3) is 0.724. The van der Waals surface area contributed by atoms with Gasteiger partial charge < -0.3 is 23.7 Å². The molecule has 0 aromatic heterocycles. The molecular weight excluding hydrogens is 488 g/mol. The number of hydrazine groups is 1. The Morgan fingerprint density at radius 3 is 1.89 bits per heavy atom. The van der Waals surface area contributed by atoms with E-state index in [9.17, 15) is 9.59 Å². The van der Waals surface area contributed by atoms with Crippen molar-refractivity contribution in [2.75, 3.05) is 0 Å². The van der Waals surface area contributed by atoms with Crippen LogP contribution in [0.2, 0.25) is 0 Å². The van der Waals surface area contributed by atoms with Gasteiger partial charge in [0.2, 0.25) is 0 Å². The van der Waals surface area contributed by atoms with Crippen LogP contribution in [-0.4, -0.2) is 54.1 Å². The molecule has 6 rings (SSSR count). The van der Waals surface area contributed by atoms with Crippen LogP contribution in [0.25, 0.3) is 0 Å². The summed E-state index contributed by atoms with van der Waals surface area (Å²) >= 11 is 0. The molecule has 2 spiro atoms. The van der Waals surface area contributed by atoms with E-state index in [-0.39, 0.29) is 5.41 Å². The Labute approximate surface area is 224 Å². The van der Waals surface area contributed by atoms with Gasteiger partial charge in [-0.25, -0.2) is 0 Å². The summed E-state index contributed by atoms with van der Waals surface area (Å²) in [6, 6.07) is 7.37. The lowest BCUT2D eigenvalue weighted by atomic mass is 9.87. The third kappa shape index (κ3) is 4.88. The topological polar surface area (TPSA) is 104 Å². The summed E-state index contributed by atoms with van der Waals surface area (Å²) in [6.07, 6.45) is 6.20. The molecule has 38 heavy (non-hydrogen) atoms. The van der Waals surface area contributed by atoms with E-state index in [1.807, 2.05) is 12.1 Å². The number of fused-ring (bicyclic) bond motifs is 3. The summed E-state index contributed by atoms with van der Waals surface area (Å²) in [6.45, 7) is 6.35. The lowest BCUT2D eigenvalue weighted by Crippen LogP contribution is -2.61. The van der Waals surface area contributed by atoms with Gasteiger partial charge in [-0.15, -0.1) is 0 Å². The second kappa shape index (κ2) is 9.86. The molecule has 208 valence electrons. The maximum absolute atomic E-state index is 13.4. The van der Waals surface area contributed by atoms with Crippen LogP contribution in [0.5, 0.6) is 0 Å². The molecule has 1 aromatic rings. The van der Waals surface area contributed by atoms with Crippen molar-refractivity contribution < 1.29 is 33.3 Å². The lowest BCUT2D eigenvalue weighted by molar-refractivity contribution is -0.247. The van der Waals surface area contributed by atoms with Crippen LogP contribution in [0.3, 0.4) is 0 Å². The van der Waals surface area contributed by atoms with E-state index in [1.54, 1.807) is 12.1 Å². The monoisotopic (exact) mass is 528 g/mol. The smallest absolute Gasteiger partial charge is 0.270 e. The third-order valence-corrected chi connectivity index (χ3v) is 8.68. The SMILES string of the molecule is CC(C)(C)c1ccc(C(=O)NNC(=O)[C@@H]2O[C@@H]3OC4(CCCCC4)O[C@@H]3[C@@H]3OC4(CCCCC4)O[C@@H]32)cc1. The highest BCUT2D eigenvalue weighted by molar-refractivity contribution is 5.95. The van der Waals surface area contributed by atoms with Crippen molar-refractivity contribution in [2.45, 2.75) is 133 Å². The van der Waals surface area contributed by atoms with Gasteiger partial charge in [-0.3, -0.25) is 20.4 Å². The molecule has 5 aliphatic rings. The third-order valence-electron chi connectivity index (χ3n) is 8.68. The molecule has 9 nitrogen and oxygen atoms in total. The van der Waals surface area contributed by atoms with Gasteiger partial charge in [0.05, 0.1) is 0 Å². The van der Waals surface area contributed by atoms with Gasteiger partial charge in [0.25, 0.3) is 11.8 Å². The van der Waals surface area contributed by atoms with E-state index in [1.165, 1.54) is 0 Å². The zero-order valence-electron chi connectivity index (χ0n) is 22.6. The second-order valence-electron chi connectivity index (χ2n) is 12.5. The number of benzene rings is 1. The fourth-order valence-corrected chi connectivity index (χ4v) is 6.55. The van der Waals surface area contributed by atoms with E-state index in [2.05, 4.69) is 31.6 Å². The van der Waals surface area contributed by atoms with E-state index < -0.39 is 54.1 Å². The molecule has 0 radical (unpaired) electrons. The minimum atomic E-state index is -1.01. The fourth-order valence-electron chi connectivity index (χ4n) is 6.55. The van der Waals surface area contributed by atoms with E-state index in [4.69, 9.17) is 23.7 Å². The van der Waals surface area contributed by atoms with Crippen molar-refractivity contribution in [3.8, 4) is 0 Å². The number of carbonyl (C=O) groups excluding carboxylic acids is 2. The molecule has 0 bridgehead atoms. The summed E-state index contributed by atoms with van der Waals surface area (Å²) in [5.41, 5.74) is 6.65. The number of carbonyl (C=O) groups is 2. The minimum Gasteiger partial charge on any atom is -0.341 e. The number of rotatable bonds is 2. The first-order valence-corrected chi connectivity index (χ1v) is 14.2. The zero-order chi connectivity index (χ0) is 26.5. The number of ether oxygens (including phenoxy) is 5. The number of nitrogens with one attached hydrogen (secondary N) is 2. The van der Waals surface area contributed by atoms with Crippen LogP contribution in [0.15, 0.2) is 24.3 Å². The molecule has 9 heteroatoms. The van der Waals surface area contributed by atoms with Crippen LogP contribution in [0, 0.1) is 0 Å². The molecular formula is C29H40N2O7. The Hall–Kier alpha value is -2.04. The Balaban J connectivity index is 1.16. The van der Waals surface area contributed by atoms with Gasteiger partial charge in [0, 0.05) is 31.2 Å². The number of hydrogen-bond acceptors (Lipinski definition) is 7. The van der Waals surface area contributed by atoms with Gasteiger partial charge in [0.1, 0.15) is 18.3 Å². The van der Waals surface area contributed by atoms with E-state index in [0.29, 0.717) is 5.56 Å². The van der Waals surface area contributed by atoms with Gasteiger partial charge >= 0.3 is 0 Å². The predicted molar refractivity (Wildman–Crippen MR) is 137 cm³/mol. The van der Waals surface area contributed by atoms with Crippen molar-refractivity contribution in [1.29, 1.82) is 0 Å². The Morgan fingerprint density at radius 1 is 0.737 bits per heavy atom. The highest BCUT2D eigenvalue weighted by atomic mass is 16.9. The van der Waals surface area contributed by atoms with Crippen molar-refractivity contribution in [1.82, 2.24) is 10.9 Å². The normalized spacial score (nSPS) is 33.5. The summed E-state index contributed by atoms with van der Waals surface area (Å²) in [5.74, 6) is -2.32. The average Bonchev–Trinajstić information content (AvgIpc) is 3.44. The van der Waals surface area contributed by atoms with Gasteiger partial charge in [0.15, 0.2) is 24.0 Å². The molecule has 2 N–H and O–H groups in total. The molecule has 2 aliphatic carbocycles. The minimum absolute atomic E-state index is 0.0166. The molecule has 2 amide bonds. The molecule has 3 aliphatic heterocycles. The lowest BCUT2D eigenvalue weighted by Gasteiger charge is -2.36. The van der Waals surface area contributed by atoms with Gasteiger partial charge in [-0.2, -0.15) is 0 Å². The number of amides is 2. The highest BCUT2D eigenvalue weighted by Gasteiger charge is 2.65.